The number of pyridine rings is 3. The molecule has 208 valence electrons. The molecule has 1 amide bonds. The van der Waals surface area contributed by atoms with Crippen LogP contribution >= 0.6 is 11.6 Å². The van der Waals surface area contributed by atoms with Gasteiger partial charge in [0.25, 0.3) is 5.91 Å². The molecule has 1 aromatic carbocycles. The maximum Gasteiger partial charge on any atom is 0.253 e. The molecule has 11 nitrogen and oxygen atoms in total. The van der Waals surface area contributed by atoms with E-state index in [0.717, 1.165) is 29.7 Å². The van der Waals surface area contributed by atoms with Crippen molar-refractivity contribution in [2.45, 2.75) is 18.9 Å². The predicted molar refractivity (Wildman–Crippen MR) is 158 cm³/mol. The van der Waals surface area contributed by atoms with Gasteiger partial charge in [-0.1, -0.05) is 17.7 Å². The minimum atomic E-state index is -0.284. The van der Waals surface area contributed by atoms with Gasteiger partial charge in [-0.25, -0.2) is 24.6 Å². The number of hydrogen-bond donors (Lipinski definition) is 2. The van der Waals surface area contributed by atoms with Crippen molar-refractivity contribution in [2.24, 2.45) is 0 Å². The van der Waals surface area contributed by atoms with Crippen molar-refractivity contribution in [1.29, 1.82) is 0 Å². The van der Waals surface area contributed by atoms with Gasteiger partial charge < -0.3 is 15.8 Å². The van der Waals surface area contributed by atoms with Crippen LogP contribution < -0.4 is 15.8 Å². The summed E-state index contributed by atoms with van der Waals surface area (Å²) < 4.78 is 8.86. The van der Waals surface area contributed by atoms with Crippen molar-refractivity contribution in [3.05, 3.63) is 101 Å². The molecule has 0 saturated heterocycles. The summed E-state index contributed by atoms with van der Waals surface area (Å²) in [6.07, 6.45) is 8.23. The fraction of sp³-hybridized carbons (Fsp3) is 0.133. The molecule has 0 aliphatic heterocycles. The highest BCUT2D eigenvalue weighted by molar-refractivity contribution is 6.35. The number of carbonyl (C=O) groups is 1. The van der Waals surface area contributed by atoms with Crippen molar-refractivity contribution < 1.29 is 9.53 Å². The van der Waals surface area contributed by atoms with Gasteiger partial charge in [0.2, 0.25) is 5.88 Å². The number of fused-ring (bicyclic) bond motifs is 2. The number of imidazole rings is 1. The molecule has 1 aliphatic rings. The van der Waals surface area contributed by atoms with E-state index >= 15 is 0 Å². The highest BCUT2D eigenvalue weighted by Gasteiger charge is 2.27. The van der Waals surface area contributed by atoms with Crippen LogP contribution in [0.25, 0.3) is 34.1 Å². The van der Waals surface area contributed by atoms with Crippen molar-refractivity contribution in [2.75, 3.05) is 12.8 Å². The fourth-order valence-corrected chi connectivity index (χ4v) is 5.66. The summed E-state index contributed by atoms with van der Waals surface area (Å²) >= 11 is 6.35. The number of nitrogens with two attached hydrogens (primary N) is 1. The number of hydrogen-bond acceptors (Lipinski definition) is 8. The van der Waals surface area contributed by atoms with Gasteiger partial charge in [-0.3, -0.25) is 9.36 Å². The normalized spacial score (nSPS) is 14.2. The fourth-order valence-electron chi connectivity index (χ4n) is 5.38. The summed E-state index contributed by atoms with van der Waals surface area (Å²) in [5.74, 6) is 1.59. The van der Waals surface area contributed by atoms with E-state index in [0.29, 0.717) is 39.8 Å². The highest BCUT2D eigenvalue weighted by atomic mass is 35.5. The lowest BCUT2D eigenvalue weighted by atomic mass is 10.1. The lowest BCUT2D eigenvalue weighted by Crippen LogP contribution is -2.27. The number of anilines is 1. The first-order valence-corrected chi connectivity index (χ1v) is 13.6. The van der Waals surface area contributed by atoms with E-state index in [-0.39, 0.29) is 22.9 Å². The Balaban J connectivity index is 1.29. The number of amides is 1. The number of nitrogens with one attached hydrogen (secondary N) is 1. The quantitative estimate of drug-likeness (QED) is 0.290. The summed E-state index contributed by atoms with van der Waals surface area (Å²) in [5.41, 5.74) is 11.7. The average Bonchev–Trinajstić information content (AvgIpc) is 3.76. The topological polar surface area (TPSA) is 139 Å². The highest BCUT2D eigenvalue weighted by Crippen LogP contribution is 2.36. The predicted octanol–water partition coefficient (Wildman–Crippen LogP) is 4.72. The smallest absolute Gasteiger partial charge is 0.253 e. The van der Waals surface area contributed by atoms with Gasteiger partial charge in [-0.2, -0.15) is 5.10 Å². The molecule has 0 spiro atoms. The van der Waals surface area contributed by atoms with Crippen LogP contribution in [-0.2, 0) is 6.42 Å². The lowest BCUT2D eigenvalue weighted by Gasteiger charge is -2.16. The van der Waals surface area contributed by atoms with E-state index in [1.165, 1.54) is 13.3 Å². The molecule has 7 rings (SSSR count). The van der Waals surface area contributed by atoms with Gasteiger partial charge in [-0.05, 0) is 72.5 Å². The first-order chi connectivity index (χ1) is 20.5. The first kappa shape index (κ1) is 25.7. The van der Waals surface area contributed by atoms with Crippen molar-refractivity contribution >= 4 is 34.5 Å². The number of nitrogen functional groups attached to an aromatic ring is 1. The summed E-state index contributed by atoms with van der Waals surface area (Å²) in [5, 5.41) is 7.64. The summed E-state index contributed by atoms with van der Waals surface area (Å²) in [6.45, 7) is 0. The zero-order valence-corrected chi connectivity index (χ0v) is 23.2. The lowest BCUT2D eigenvalue weighted by molar-refractivity contribution is 0.0936. The number of nitrogens with zero attached hydrogens (tertiary/aromatic N) is 7. The molecule has 1 atom stereocenters. The Morgan fingerprint density at radius 2 is 1.98 bits per heavy atom. The Morgan fingerprint density at radius 3 is 2.79 bits per heavy atom. The van der Waals surface area contributed by atoms with E-state index in [1.807, 2.05) is 53.2 Å². The Morgan fingerprint density at radius 1 is 1.07 bits per heavy atom. The van der Waals surface area contributed by atoms with Crippen molar-refractivity contribution in [3.8, 4) is 28.8 Å². The zero-order valence-electron chi connectivity index (χ0n) is 22.4. The van der Waals surface area contributed by atoms with Gasteiger partial charge in [0, 0.05) is 30.5 Å². The number of benzene rings is 1. The van der Waals surface area contributed by atoms with Crippen LogP contribution in [0.5, 0.6) is 5.88 Å². The van der Waals surface area contributed by atoms with E-state index < -0.39 is 0 Å². The Labute approximate surface area is 245 Å². The molecule has 5 heterocycles. The number of methoxy groups -OCH3 is 1. The Hall–Kier alpha value is -5.29. The standard InChI is InChI=1S/C30H24ClN9O2/c1-42-30-25(31)20(11-14-34-30)29(41)37-22-8-5-17-16-18(6-7-19(17)22)40-27(21-4-2-12-33-26(21)32)36-23-9-10-24(38-28(23)40)39-15-3-13-35-39/h2-4,6-7,9-16,22H,5,8H2,1H3,(H2,32,33)(H,37,41)/t22-/m0/s1. The molecule has 42 heavy (non-hydrogen) atoms. The van der Waals surface area contributed by atoms with Gasteiger partial charge in [-0.15, -0.1) is 0 Å². The third kappa shape index (κ3) is 4.31. The molecule has 0 unspecified atom stereocenters. The number of halogens is 1. The monoisotopic (exact) mass is 577 g/mol. The van der Waals surface area contributed by atoms with Crippen LogP contribution in [0.2, 0.25) is 5.02 Å². The van der Waals surface area contributed by atoms with Gasteiger partial charge in [0.1, 0.15) is 16.4 Å². The van der Waals surface area contributed by atoms with E-state index in [4.69, 9.17) is 32.0 Å². The van der Waals surface area contributed by atoms with E-state index in [9.17, 15) is 4.79 Å². The summed E-state index contributed by atoms with van der Waals surface area (Å²) in [6, 6.07) is 16.9. The van der Waals surface area contributed by atoms with Crippen LogP contribution in [0, 0.1) is 0 Å². The zero-order chi connectivity index (χ0) is 28.8. The van der Waals surface area contributed by atoms with Gasteiger partial charge >= 0.3 is 0 Å². The number of aromatic nitrogens is 7. The molecule has 0 radical (unpaired) electrons. The molecular weight excluding hydrogens is 554 g/mol. The van der Waals surface area contributed by atoms with E-state index in [2.05, 4.69) is 26.4 Å². The van der Waals surface area contributed by atoms with Gasteiger partial charge in [0.05, 0.1) is 24.3 Å². The Kier molecular flexibility index (Phi) is 6.28. The van der Waals surface area contributed by atoms with Crippen LogP contribution in [0.4, 0.5) is 5.82 Å². The van der Waals surface area contributed by atoms with Gasteiger partial charge in [0.15, 0.2) is 17.3 Å². The molecule has 0 bridgehead atoms. The van der Waals surface area contributed by atoms with Crippen LogP contribution in [0.1, 0.15) is 33.9 Å². The van der Waals surface area contributed by atoms with Crippen LogP contribution in [0.15, 0.2) is 79.4 Å². The van der Waals surface area contributed by atoms with Crippen molar-refractivity contribution in [1.82, 2.24) is 39.6 Å². The van der Waals surface area contributed by atoms with Crippen molar-refractivity contribution in [3.63, 3.8) is 0 Å². The SMILES string of the molecule is COc1nccc(C(=O)N[C@H]2CCc3cc(-n4c(-c5cccnc5N)nc5ccc(-n6cccn6)nc54)ccc32)c1Cl. The second-order valence-electron chi connectivity index (χ2n) is 9.80. The Bertz CT molecular complexity index is 1970. The molecule has 0 fully saturated rings. The minimum absolute atomic E-state index is 0.172. The first-order valence-electron chi connectivity index (χ1n) is 13.2. The third-order valence-electron chi connectivity index (χ3n) is 7.37. The number of ether oxygens (including phenoxy) is 1. The second-order valence-corrected chi connectivity index (χ2v) is 10.2. The average molecular weight is 578 g/mol. The van der Waals surface area contributed by atoms with Crippen LogP contribution in [-0.4, -0.2) is 47.3 Å². The van der Waals surface area contributed by atoms with E-state index in [1.54, 1.807) is 23.1 Å². The number of carbonyl (C=O) groups excluding carboxylic acids is 1. The molecule has 6 aromatic rings. The maximum absolute atomic E-state index is 13.1. The molecular formula is C30H24ClN9O2. The second kappa shape index (κ2) is 10.3. The molecule has 12 heteroatoms. The third-order valence-corrected chi connectivity index (χ3v) is 7.74. The molecule has 3 N–H and O–H groups in total. The minimum Gasteiger partial charge on any atom is -0.480 e. The largest absolute Gasteiger partial charge is 0.480 e. The maximum atomic E-state index is 13.1. The number of aryl methyl sites for hydroxylation is 1. The molecule has 1 aliphatic carbocycles. The number of rotatable bonds is 6. The molecule has 5 aromatic heterocycles. The summed E-state index contributed by atoms with van der Waals surface area (Å²) in [4.78, 5) is 31.3. The molecule has 0 saturated carbocycles. The summed E-state index contributed by atoms with van der Waals surface area (Å²) in [7, 11) is 1.46. The van der Waals surface area contributed by atoms with Crippen LogP contribution in [0.3, 0.4) is 0 Å².